The average Bonchev–Trinajstić information content (AvgIpc) is 2.06. The SMILES string of the molecule is Nc1ccc(C(N)C2CCC2)cc1O. The predicted molar refractivity (Wildman–Crippen MR) is 56.8 cm³/mol. The van der Waals surface area contributed by atoms with Gasteiger partial charge in [-0.1, -0.05) is 12.5 Å². The summed E-state index contributed by atoms with van der Waals surface area (Å²) in [6, 6.07) is 5.34. The van der Waals surface area contributed by atoms with Gasteiger partial charge in [-0.05, 0) is 36.5 Å². The molecule has 1 atom stereocenters. The van der Waals surface area contributed by atoms with Gasteiger partial charge in [0.1, 0.15) is 5.75 Å². The van der Waals surface area contributed by atoms with Crippen LogP contribution in [0.3, 0.4) is 0 Å². The molecule has 5 N–H and O–H groups in total. The van der Waals surface area contributed by atoms with Crippen molar-refractivity contribution < 1.29 is 5.11 Å². The van der Waals surface area contributed by atoms with Crippen LogP contribution in [0, 0.1) is 5.92 Å². The number of hydrogen-bond acceptors (Lipinski definition) is 3. The summed E-state index contributed by atoms with van der Waals surface area (Å²) in [5.41, 5.74) is 13.0. The highest BCUT2D eigenvalue weighted by atomic mass is 16.3. The molecule has 2 rings (SSSR count). The van der Waals surface area contributed by atoms with Gasteiger partial charge >= 0.3 is 0 Å². The van der Waals surface area contributed by atoms with E-state index in [4.69, 9.17) is 11.5 Å². The molecule has 1 aliphatic rings. The first kappa shape index (κ1) is 9.34. The summed E-state index contributed by atoms with van der Waals surface area (Å²) in [6.07, 6.45) is 3.68. The van der Waals surface area contributed by atoms with Gasteiger partial charge in [0.05, 0.1) is 5.69 Å². The van der Waals surface area contributed by atoms with E-state index in [0.717, 1.165) is 5.56 Å². The Labute approximate surface area is 83.7 Å². The topological polar surface area (TPSA) is 72.3 Å². The number of benzene rings is 1. The fourth-order valence-corrected chi connectivity index (χ4v) is 1.84. The molecule has 1 saturated carbocycles. The summed E-state index contributed by atoms with van der Waals surface area (Å²) in [4.78, 5) is 0. The average molecular weight is 192 g/mol. The Kier molecular flexibility index (Phi) is 2.33. The minimum absolute atomic E-state index is 0.0512. The molecule has 1 fully saturated rings. The molecule has 0 bridgehead atoms. The number of nitrogen functional groups attached to an aromatic ring is 1. The number of nitrogens with two attached hydrogens (primary N) is 2. The van der Waals surface area contributed by atoms with Gasteiger partial charge in [0.2, 0.25) is 0 Å². The molecule has 0 aliphatic heterocycles. The highest BCUT2D eigenvalue weighted by Crippen LogP contribution is 2.37. The lowest BCUT2D eigenvalue weighted by Crippen LogP contribution is -2.26. The van der Waals surface area contributed by atoms with E-state index in [2.05, 4.69) is 0 Å². The molecular weight excluding hydrogens is 176 g/mol. The number of rotatable bonds is 2. The van der Waals surface area contributed by atoms with Crippen molar-refractivity contribution >= 4 is 5.69 Å². The van der Waals surface area contributed by atoms with E-state index in [1.807, 2.05) is 6.07 Å². The van der Waals surface area contributed by atoms with Crippen LogP contribution in [0.4, 0.5) is 5.69 Å². The van der Waals surface area contributed by atoms with E-state index in [1.165, 1.54) is 19.3 Å². The molecular formula is C11H16N2O. The zero-order valence-electron chi connectivity index (χ0n) is 8.11. The Bertz CT molecular complexity index is 334. The largest absolute Gasteiger partial charge is 0.506 e. The van der Waals surface area contributed by atoms with Crippen LogP contribution in [0.15, 0.2) is 18.2 Å². The Balaban J connectivity index is 2.18. The molecule has 76 valence electrons. The summed E-state index contributed by atoms with van der Waals surface area (Å²) in [5, 5.41) is 9.44. The van der Waals surface area contributed by atoms with Crippen molar-refractivity contribution in [2.45, 2.75) is 25.3 Å². The Morgan fingerprint density at radius 1 is 1.36 bits per heavy atom. The van der Waals surface area contributed by atoms with Crippen molar-refractivity contribution in [2.24, 2.45) is 11.7 Å². The first-order chi connectivity index (χ1) is 6.68. The quantitative estimate of drug-likeness (QED) is 0.494. The molecule has 3 heteroatoms. The van der Waals surface area contributed by atoms with Gasteiger partial charge in [0.25, 0.3) is 0 Å². The maximum absolute atomic E-state index is 9.44. The second-order valence-corrected chi connectivity index (χ2v) is 4.04. The maximum Gasteiger partial charge on any atom is 0.138 e. The smallest absolute Gasteiger partial charge is 0.138 e. The lowest BCUT2D eigenvalue weighted by Gasteiger charge is -2.31. The third-order valence-electron chi connectivity index (χ3n) is 3.10. The fraction of sp³-hybridized carbons (Fsp3) is 0.455. The molecule has 1 aliphatic carbocycles. The van der Waals surface area contributed by atoms with Crippen LogP contribution in [-0.4, -0.2) is 5.11 Å². The Morgan fingerprint density at radius 3 is 2.57 bits per heavy atom. The Hall–Kier alpha value is -1.22. The van der Waals surface area contributed by atoms with E-state index in [9.17, 15) is 5.11 Å². The van der Waals surface area contributed by atoms with Gasteiger partial charge < -0.3 is 16.6 Å². The normalized spacial score (nSPS) is 18.9. The van der Waals surface area contributed by atoms with Crippen molar-refractivity contribution in [1.82, 2.24) is 0 Å². The minimum atomic E-state index is 0.0512. The first-order valence-corrected chi connectivity index (χ1v) is 5.02. The minimum Gasteiger partial charge on any atom is -0.506 e. The maximum atomic E-state index is 9.44. The zero-order chi connectivity index (χ0) is 10.1. The zero-order valence-corrected chi connectivity index (χ0v) is 8.11. The second kappa shape index (κ2) is 3.50. The van der Waals surface area contributed by atoms with Crippen molar-refractivity contribution in [3.8, 4) is 5.75 Å². The molecule has 14 heavy (non-hydrogen) atoms. The molecule has 3 nitrogen and oxygen atoms in total. The van der Waals surface area contributed by atoms with Gasteiger partial charge in [-0.25, -0.2) is 0 Å². The van der Waals surface area contributed by atoms with Gasteiger partial charge in [0, 0.05) is 6.04 Å². The Morgan fingerprint density at radius 2 is 2.07 bits per heavy atom. The van der Waals surface area contributed by atoms with Gasteiger partial charge in [-0.2, -0.15) is 0 Å². The van der Waals surface area contributed by atoms with E-state index in [0.29, 0.717) is 11.6 Å². The molecule has 0 radical (unpaired) electrons. The molecule has 1 aromatic carbocycles. The lowest BCUT2D eigenvalue weighted by molar-refractivity contribution is 0.264. The molecule has 0 saturated heterocycles. The summed E-state index contributed by atoms with van der Waals surface area (Å²) >= 11 is 0. The molecule has 0 aromatic heterocycles. The fourth-order valence-electron chi connectivity index (χ4n) is 1.84. The van der Waals surface area contributed by atoms with Crippen LogP contribution in [0.5, 0.6) is 5.75 Å². The predicted octanol–water partition coefficient (Wildman–Crippen LogP) is 1.77. The van der Waals surface area contributed by atoms with Crippen LogP contribution in [0.2, 0.25) is 0 Å². The first-order valence-electron chi connectivity index (χ1n) is 5.02. The second-order valence-electron chi connectivity index (χ2n) is 4.04. The molecule has 0 heterocycles. The van der Waals surface area contributed by atoms with Crippen molar-refractivity contribution in [1.29, 1.82) is 0 Å². The number of hydrogen-bond donors (Lipinski definition) is 3. The molecule has 0 amide bonds. The summed E-state index contributed by atoms with van der Waals surface area (Å²) in [5.74, 6) is 0.718. The number of aromatic hydroxyl groups is 1. The van der Waals surface area contributed by atoms with E-state index >= 15 is 0 Å². The van der Waals surface area contributed by atoms with Crippen LogP contribution >= 0.6 is 0 Å². The molecule has 0 spiro atoms. The molecule has 1 aromatic rings. The summed E-state index contributed by atoms with van der Waals surface area (Å²) in [7, 11) is 0. The number of phenols is 1. The van der Waals surface area contributed by atoms with Crippen molar-refractivity contribution in [2.75, 3.05) is 5.73 Å². The van der Waals surface area contributed by atoms with Crippen LogP contribution < -0.4 is 11.5 Å². The highest BCUT2D eigenvalue weighted by Gasteiger charge is 2.25. The van der Waals surface area contributed by atoms with Crippen LogP contribution in [0.1, 0.15) is 30.9 Å². The van der Waals surface area contributed by atoms with Gasteiger partial charge in [-0.15, -0.1) is 0 Å². The van der Waals surface area contributed by atoms with Gasteiger partial charge in [0.15, 0.2) is 0 Å². The monoisotopic (exact) mass is 192 g/mol. The number of anilines is 1. The third-order valence-corrected chi connectivity index (χ3v) is 3.10. The van der Waals surface area contributed by atoms with Crippen LogP contribution in [0.25, 0.3) is 0 Å². The van der Waals surface area contributed by atoms with E-state index in [1.54, 1.807) is 12.1 Å². The van der Waals surface area contributed by atoms with Crippen LogP contribution in [-0.2, 0) is 0 Å². The summed E-state index contributed by atoms with van der Waals surface area (Å²) < 4.78 is 0. The van der Waals surface area contributed by atoms with Crippen molar-refractivity contribution in [3.63, 3.8) is 0 Å². The van der Waals surface area contributed by atoms with E-state index in [-0.39, 0.29) is 11.8 Å². The van der Waals surface area contributed by atoms with Crippen molar-refractivity contribution in [3.05, 3.63) is 23.8 Å². The standard InChI is InChI=1S/C11H16N2O/c12-9-5-4-8(6-10(9)14)11(13)7-2-1-3-7/h4-7,11,14H,1-3,12-13H2. The lowest BCUT2D eigenvalue weighted by atomic mass is 9.77. The highest BCUT2D eigenvalue weighted by molar-refractivity contribution is 5.53. The summed E-state index contributed by atoms with van der Waals surface area (Å²) in [6.45, 7) is 0. The van der Waals surface area contributed by atoms with E-state index < -0.39 is 0 Å². The third kappa shape index (κ3) is 1.55. The van der Waals surface area contributed by atoms with Gasteiger partial charge in [-0.3, -0.25) is 0 Å². The number of phenolic OH excluding ortho intramolecular Hbond substituents is 1. The molecule has 1 unspecified atom stereocenters.